The quantitative estimate of drug-likeness (QED) is 0.818. The van der Waals surface area contributed by atoms with Gasteiger partial charge in [0.1, 0.15) is 12.2 Å². The molecule has 2 aromatic rings. The first-order chi connectivity index (χ1) is 10.5. The van der Waals surface area contributed by atoms with Crippen molar-refractivity contribution in [2.24, 2.45) is 0 Å². The van der Waals surface area contributed by atoms with Crippen LogP contribution in [0.1, 0.15) is 26.5 Å². The van der Waals surface area contributed by atoms with Crippen LogP contribution in [-0.4, -0.2) is 40.9 Å². The Hall–Kier alpha value is -2.83. The maximum absolute atomic E-state index is 12.3. The van der Waals surface area contributed by atoms with E-state index in [1.54, 1.807) is 25.1 Å². The Kier molecular flexibility index (Phi) is 4.45. The molecule has 0 saturated heterocycles. The molecule has 0 amide bonds. The van der Waals surface area contributed by atoms with Gasteiger partial charge in [-0.1, -0.05) is 0 Å². The number of rotatable bonds is 6. The van der Waals surface area contributed by atoms with Crippen LogP contribution in [-0.2, 0) is 6.54 Å². The summed E-state index contributed by atoms with van der Waals surface area (Å²) in [5.74, 6) is -0.448. The molecule has 0 aliphatic heterocycles. The highest BCUT2D eigenvalue weighted by atomic mass is 16.5. The molecule has 7 nitrogen and oxygen atoms in total. The number of benzene rings is 1. The number of ether oxygens (including phenoxy) is 2. The summed E-state index contributed by atoms with van der Waals surface area (Å²) in [6, 6.07) is 6.20. The summed E-state index contributed by atoms with van der Waals surface area (Å²) in [6.07, 6.45) is 0. The summed E-state index contributed by atoms with van der Waals surface area (Å²) in [5.41, 5.74) is 0.908. The van der Waals surface area contributed by atoms with Crippen LogP contribution < -0.4 is 9.47 Å². The number of aryl methyl sites for hydroxylation is 1. The van der Waals surface area contributed by atoms with Crippen molar-refractivity contribution in [3.05, 3.63) is 41.2 Å². The molecule has 7 heteroatoms. The molecule has 1 aromatic carbocycles. The second kappa shape index (κ2) is 6.30. The average molecular weight is 304 g/mol. The molecule has 1 heterocycles. The van der Waals surface area contributed by atoms with Crippen molar-refractivity contribution in [1.29, 1.82) is 0 Å². The number of aromatic carboxylic acids is 1. The number of hydrogen-bond acceptors (Lipinski definition) is 5. The first-order valence-corrected chi connectivity index (χ1v) is 6.49. The van der Waals surface area contributed by atoms with Gasteiger partial charge in [0.25, 0.3) is 0 Å². The molecule has 0 aliphatic rings. The number of ketones is 1. The zero-order chi connectivity index (χ0) is 16.3. The standard InChI is InChI=1S/C15H16N2O5/c1-9-6-11(15(19)20)17(16-9)8-12(18)10-4-5-13(21-2)14(7-10)22-3/h4-7H,8H2,1-3H3,(H,19,20). The highest BCUT2D eigenvalue weighted by molar-refractivity contribution is 5.97. The van der Waals surface area contributed by atoms with Gasteiger partial charge in [0.05, 0.1) is 19.9 Å². The van der Waals surface area contributed by atoms with Gasteiger partial charge in [-0.15, -0.1) is 0 Å². The Morgan fingerprint density at radius 2 is 1.86 bits per heavy atom. The Morgan fingerprint density at radius 1 is 1.18 bits per heavy atom. The first kappa shape index (κ1) is 15.6. The Morgan fingerprint density at radius 3 is 2.45 bits per heavy atom. The number of carbonyl (C=O) groups is 2. The van der Waals surface area contributed by atoms with Crippen molar-refractivity contribution in [2.45, 2.75) is 13.5 Å². The van der Waals surface area contributed by atoms with Gasteiger partial charge in [-0.25, -0.2) is 4.79 Å². The third-order valence-corrected chi connectivity index (χ3v) is 3.12. The molecule has 0 atom stereocenters. The van der Waals surface area contributed by atoms with Crippen LogP contribution >= 0.6 is 0 Å². The smallest absolute Gasteiger partial charge is 0.354 e. The Balaban J connectivity index is 2.28. The predicted octanol–water partition coefficient (Wildman–Crippen LogP) is 1.79. The number of nitrogens with zero attached hydrogens (tertiary/aromatic N) is 2. The first-order valence-electron chi connectivity index (χ1n) is 6.49. The fraction of sp³-hybridized carbons (Fsp3) is 0.267. The number of carbonyl (C=O) groups excluding carboxylic acids is 1. The van der Waals surface area contributed by atoms with Crippen molar-refractivity contribution in [3.63, 3.8) is 0 Å². The average Bonchev–Trinajstić information content (AvgIpc) is 2.87. The molecule has 0 aliphatic carbocycles. The largest absolute Gasteiger partial charge is 0.493 e. The van der Waals surface area contributed by atoms with Crippen LogP contribution in [0, 0.1) is 6.92 Å². The minimum Gasteiger partial charge on any atom is -0.493 e. The molecule has 2 rings (SSSR count). The van der Waals surface area contributed by atoms with Crippen molar-refractivity contribution in [1.82, 2.24) is 9.78 Å². The zero-order valence-electron chi connectivity index (χ0n) is 12.5. The second-order valence-electron chi connectivity index (χ2n) is 4.63. The molecule has 0 unspecified atom stereocenters. The molecule has 0 fully saturated rings. The monoisotopic (exact) mass is 304 g/mol. The molecule has 0 saturated carbocycles. The van der Waals surface area contributed by atoms with E-state index in [0.29, 0.717) is 22.8 Å². The molecule has 1 aromatic heterocycles. The van der Waals surface area contributed by atoms with Crippen LogP contribution in [0.5, 0.6) is 11.5 Å². The van der Waals surface area contributed by atoms with E-state index in [2.05, 4.69) is 5.10 Å². The number of methoxy groups -OCH3 is 2. The number of Topliss-reactive ketones (excluding diaryl/α,β-unsaturated/α-hetero) is 1. The minimum atomic E-state index is -1.12. The van der Waals surface area contributed by atoms with Gasteiger partial charge < -0.3 is 14.6 Å². The fourth-order valence-corrected chi connectivity index (χ4v) is 2.08. The molecule has 22 heavy (non-hydrogen) atoms. The normalized spacial score (nSPS) is 10.3. The second-order valence-corrected chi connectivity index (χ2v) is 4.63. The van der Waals surface area contributed by atoms with Gasteiger partial charge >= 0.3 is 5.97 Å². The van der Waals surface area contributed by atoms with Gasteiger partial charge in [0, 0.05) is 5.56 Å². The van der Waals surface area contributed by atoms with E-state index in [1.165, 1.54) is 25.0 Å². The lowest BCUT2D eigenvalue weighted by Crippen LogP contribution is -2.16. The number of aromatic nitrogens is 2. The Labute approximate surface area is 127 Å². The summed E-state index contributed by atoms with van der Waals surface area (Å²) in [7, 11) is 2.98. The van der Waals surface area contributed by atoms with Gasteiger partial charge in [0.2, 0.25) is 0 Å². The van der Waals surface area contributed by atoms with E-state index >= 15 is 0 Å². The van der Waals surface area contributed by atoms with Crippen LogP contribution in [0.4, 0.5) is 0 Å². The molecule has 0 spiro atoms. The van der Waals surface area contributed by atoms with Gasteiger partial charge in [-0.2, -0.15) is 5.10 Å². The lowest BCUT2D eigenvalue weighted by atomic mass is 10.1. The number of hydrogen-bond donors (Lipinski definition) is 1. The highest BCUT2D eigenvalue weighted by Gasteiger charge is 2.17. The van der Waals surface area contributed by atoms with Crippen molar-refractivity contribution in [3.8, 4) is 11.5 Å². The van der Waals surface area contributed by atoms with Crippen molar-refractivity contribution in [2.75, 3.05) is 14.2 Å². The van der Waals surface area contributed by atoms with E-state index in [0.717, 1.165) is 0 Å². The van der Waals surface area contributed by atoms with Crippen LogP contribution in [0.25, 0.3) is 0 Å². The molecule has 1 N–H and O–H groups in total. The molecule has 0 radical (unpaired) electrons. The SMILES string of the molecule is COc1ccc(C(=O)Cn2nc(C)cc2C(=O)O)cc1OC. The number of carboxylic acids is 1. The van der Waals surface area contributed by atoms with Gasteiger partial charge in [0.15, 0.2) is 17.3 Å². The molecule has 0 bridgehead atoms. The third kappa shape index (κ3) is 3.08. The third-order valence-electron chi connectivity index (χ3n) is 3.12. The van der Waals surface area contributed by atoms with Gasteiger partial charge in [-0.3, -0.25) is 9.48 Å². The van der Waals surface area contributed by atoms with Crippen LogP contribution in [0.2, 0.25) is 0 Å². The fourth-order valence-electron chi connectivity index (χ4n) is 2.08. The topological polar surface area (TPSA) is 90.7 Å². The maximum atomic E-state index is 12.3. The summed E-state index contributed by atoms with van der Waals surface area (Å²) in [6.45, 7) is 1.51. The summed E-state index contributed by atoms with van der Waals surface area (Å²) in [5, 5.41) is 13.1. The van der Waals surface area contributed by atoms with E-state index in [9.17, 15) is 9.59 Å². The van der Waals surface area contributed by atoms with E-state index in [4.69, 9.17) is 14.6 Å². The predicted molar refractivity (Wildman–Crippen MR) is 77.8 cm³/mol. The van der Waals surface area contributed by atoms with E-state index in [1.807, 2.05) is 0 Å². The van der Waals surface area contributed by atoms with Crippen molar-refractivity contribution < 1.29 is 24.2 Å². The lowest BCUT2D eigenvalue weighted by Gasteiger charge is -2.09. The highest BCUT2D eigenvalue weighted by Crippen LogP contribution is 2.27. The minimum absolute atomic E-state index is 0.0219. The lowest BCUT2D eigenvalue weighted by molar-refractivity contribution is 0.0683. The summed E-state index contributed by atoms with van der Waals surface area (Å²) >= 11 is 0. The summed E-state index contributed by atoms with van der Waals surface area (Å²) < 4.78 is 11.4. The van der Waals surface area contributed by atoms with Crippen molar-refractivity contribution >= 4 is 11.8 Å². The van der Waals surface area contributed by atoms with E-state index in [-0.39, 0.29) is 18.0 Å². The molecular formula is C15H16N2O5. The molecular weight excluding hydrogens is 288 g/mol. The Bertz CT molecular complexity index is 721. The maximum Gasteiger partial charge on any atom is 0.354 e. The molecule has 116 valence electrons. The van der Waals surface area contributed by atoms with Crippen LogP contribution in [0.15, 0.2) is 24.3 Å². The van der Waals surface area contributed by atoms with Crippen LogP contribution in [0.3, 0.4) is 0 Å². The summed E-state index contributed by atoms with van der Waals surface area (Å²) in [4.78, 5) is 23.4. The van der Waals surface area contributed by atoms with Gasteiger partial charge in [-0.05, 0) is 31.2 Å². The zero-order valence-corrected chi connectivity index (χ0v) is 12.5. The van der Waals surface area contributed by atoms with E-state index < -0.39 is 5.97 Å². The number of carboxylic acid groups (broad SMARTS) is 1.